The fourth-order valence-corrected chi connectivity index (χ4v) is 3.15. The second-order valence-electron chi connectivity index (χ2n) is 5.45. The second kappa shape index (κ2) is 6.80. The summed E-state index contributed by atoms with van der Waals surface area (Å²) in [5, 5.41) is 9.33. The van der Waals surface area contributed by atoms with Gasteiger partial charge in [0.05, 0.1) is 6.61 Å². The standard InChI is InChI=1S/C14H24N4O3/c1-2-17-12(15)11(13(20)16-14(17)21)18(8-9-19)10-6-4-3-5-7-10/h10,19H,2-9,15H2,1H3,(H,16,20,21). The lowest BCUT2D eigenvalue weighted by Gasteiger charge is -2.35. The van der Waals surface area contributed by atoms with E-state index in [2.05, 4.69) is 4.98 Å². The number of nitrogens with zero attached hydrogens (tertiary/aromatic N) is 2. The number of hydrogen-bond donors (Lipinski definition) is 3. The summed E-state index contributed by atoms with van der Waals surface area (Å²) in [6.45, 7) is 2.49. The lowest BCUT2D eigenvalue weighted by Crippen LogP contribution is -2.45. The number of hydrogen-bond acceptors (Lipinski definition) is 5. The smallest absolute Gasteiger partial charge is 0.330 e. The highest BCUT2D eigenvalue weighted by Gasteiger charge is 2.26. The molecule has 0 radical (unpaired) electrons. The molecule has 1 aliphatic rings. The topological polar surface area (TPSA) is 104 Å². The normalized spacial score (nSPS) is 16.1. The number of anilines is 2. The van der Waals surface area contributed by atoms with Crippen LogP contribution in [0.1, 0.15) is 39.0 Å². The van der Waals surface area contributed by atoms with Crippen LogP contribution >= 0.6 is 0 Å². The Bertz CT molecular complexity index is 587. The van der Waals surface area contributed by atoms with E-state index < -0.39 is 11.2 Å². The molecule has 0 saturated heterocycles. The number of aromatic nitrogens is 2. The van der Waals surface area contributed by atoms with E-state index in [9.17, 15) is 14.7 Å². The van der Waals surface area contributed by atoms with Gasteiger partial charge < -0.3 is 15.7 Å². The fourth-order valence-electron chi connectivity index (χ4n) is 3.15. The maximum atomic E-state index is 12.2. The number of aliphatic hydroxyl groups is 1. The van der Waals surface area contributed by atoms with Crippen molar-refractivity contribution in [3.05, 3.63) is 20.8 Å². The maximum absolute atomic E-state index is 12.2. The Morgan fingerprint density at radius 1 is 1.33 bits per heavy atom. The molecule has 1 heterocycles. The number of rotatable bonds is 5. The maximum Gasteiger partial charge on any atom is 0.330 e. The predicted molar refractivity (Wildman–Crippen MR) is 82.7 cm³/mol. The molecule has 7 heteroatoms. The van der Waals surface area contributed by atoms with Gasteiger partial charge in [-0.25, -0.2) is 4.79 Å². The van der Waals surface area contributed by atoms with Gasteiger partial charge in [-0.3, -0.25) is 14.3 Å². The highest BCUT2D eigenvalue weighted by atomic mass is 16.3. The van der Waals surface area contributed by atoms with Crippen LogP contribution in [0.25, 0.3) is 0 Å². The fraction of sp³-hybridized carbons (Fsp3) is 0.714. The third-order valence-electron chi connectivity index (χ3n) is 4.17. The molecule has 2 rings (SSSR count). The largest absolute Gasteiger partial charge is 0.395 e. The van der Waals surface area contributed by atoms with Crippen molar-refractivity contribution in [3.8, 4) is 0 Å². The zero-order valence-corrected chi connectivity index (χ0v) is 12.5. The molecule has 0 unspecified atom stereocenters. The van der Waals surface area contributed by atoms with Crippen molar-refractivity contribution in [3.63, 3.8) is 0 Å². The lowest BCUT2D eigenvalue weighted by molar-refractivity contribution is 0.289. The van der Waals surface area contributed by atoms with Gasteiger partial charge in [-0.1, -0.05) is 19.3 Å². The molecule has 0 aliphatic heterocycles. The van der Waals surface area contributed by atoms with E-state index in [1.54, 1.807) is 6.92 Å². The minimum absolute atomic E-state index is 0.0549. The number of aliphatic hydroxyl groups excluding tert-OH is 1. The first-order valence-electron chi connectivity index (χ1n) is 7.60. The van der Waals surface area contributed by atoms with Gasteiger partial charge in [-0.2, -0.15) is 0 Å². The summed E-state index contributed by atoms with van der Waals surface area (Å²) in [5.74, 6) is 0.185. The Labute approximate surface area is 123 Å². The van der Waals surface area contributed by atoms with Crippen molar-refractivity contribution in [2.24, 2.45) is 0 Å². The Morgan fingerprint density at radius 3 is 2.57 bits per heavy atom. The van der Waals surface area contributed by atoms with Crippen LogP contribution in [0.2, 0.25) is 0 Å². The van der Waals surface area contributed by atoms with Gasteiger partial charge in [0, 0.05) is 19.1 Å². The molecule has 1 saturated carbocycles. The summed E-state index contributed by atoms with van der Waals surface area (Å²) in [7, 11) is 0. The van der Waals surface area contributed by atoms with Crippen molar-refractivity contribution < 1.29 is 5.11 Å². The molecule has 1 aliphatic carbocycles. The molecule has 7 nitrogen and oxygen atoms in total. The van der Waals surface area contributed by atoms with Gasteiger partial charge >= 0.3 is 5.69 Å². The summed E-state index contributed by atoms with van der Waals surface area (Å²) < 4.78 is 1.35. The summed E-state index contributed by atoms with van der Waals surface area (Å²) in [5.41, 5.74) is 5.41. The molecule has 21 heavy (non-hydrogen) atoms. The number of nitrogens with one attached hydrogen (secondary N) is 1. The Morgan fingerprint density at radius 2 is 2.00 bits per heavy atom. The van der Waals surface area contributed by atoms with E-state index in [1.165, 1.54) is 11.0 Å². The minimum Gasteiger partial charge on any atom is -0.395 e. The molecular weight excluding hydrogens is 272 g/mol. The molecule has 4 N–H and O–H groups in total. The quantitative estimate of drug-likeness (QED) is 0.723. The predicted octanol–water partition coefficient (Wildman–Crippen LogP) is 0.270. The van der Waals surface area contributed by atoms with Crippen LogP contribution in [0.15, 0.2) is 9.59 Å². The van der Waals surface area contributed by atoms with Crippen LogP contribution in [0.4, 0.5) is 11.5 Å². The molecule has 0 aromatic carbocycles. The molecule has 0 bridgehead atoms. The first-order chi connectivity index (χ1) is 10.1. The SMILES string of the molecule is CCn1c(N)c(N(CCO)C2CCCCC2)c(=O)[nH]c1=O. The third-order valence-corrected chi connectivity index (χ3v) is 4.17. The Kier molecular flexibility index (Phi) is 5.06. The van der Waals surface area contributed by atoms with Gasteiger partial charge in [-0.05, 0) is 19.8 Å². The molecule has 1 fully saturated rings. The van der Waals surface area contributed by atoms with E-state index in [-0.39, 0.29) is 18.5 Å². The van der Waals surface area contributed by atoms with Crippen molar-refractivity contribution in [1.29, 1.82) is 0 Å². The third kappa shape index (κ3) is 3.12. The molecule has 1 aromatic heterocycles. The van der Waals surface area contributed by atoms with Crippen molar-refractivity contribution in [2.75, 3.05) is 23.8 Å². The van der Waals surface area contributed by atoms with Crippen LogP contribution in [0.3, 0.4) is 0 Å². The Hall–Kier alpha value is -1.76. The molecular formula is C14H24N4O3. The van der Waals surface area contributed by atoms with E-state index in [0.29, 0.717) is 18.8 Å². The number of nitrogens with two attached hydrogens (primary N) is 1. The highest BCUT2D eigenvalue weighted by Crippen LogP contribution is 2.27. The molecule has 0 atom stereocenters. The Balaban J connectivity index is 2.49. The molecule has 0 amide bonds. The number of nitrogen functional groups attached to an aromatic ring is 1. The second-order valence-corrected chi connectivity index (χ2v) is 5.45. The van der Waals surface area contributed by atoms with Crippen molar-refractivity contribution in [2.45, 2.75) is 51.6 Å². The summed E-state index contributed by atoms with van der Waals surface area (Å²) in [4.78, 5) is 28.2. The first kappa shape index (κ1) is 15.6. The number of H-pyrrole nitrogens is 1. The molecule has 118 valence electrons. The van der Waals surface area contributed by atoms with Crippen molar-refractivity contribution >= 4 is 11.5 Å². The summed E-state index contributed by atoms with van der Waals surface area (Å²) in [6.07, 6.45) is 5.37. The summed E-state index contributed by atoms with van der Waals surface area (Å²) >= 11 is 0. The molecule has 1 aromatic rings. The van der Waals surface area contributed by atoms with Gasteiger partial charge in [-0.15, -0.1) is 0 Å². The van der Waals surface area contributed by atoms with Crippen molar-refractivity contribution in [1.82, 2.24) is 9.55 Å². The van der Waals surface area contributed by atoms with Crippen LogP contribution < -0.4 is 21.9 Å². The van der Waals surface area contributed by atoms with Crippen LogP contribution in [-0.2, 0) is 6.54 Å². The number of aromatic amines is 1. The van der Waals surface area contributed by atoms with Crippen LogP contribution in [0, 0.1) is 0 Å². The van der Waals surface area contributed by atoms with Crippen LogP contribution in [-0.4, -0.2) is 33.9 Å². The van der Waals surface area contributed by atoms with Gasteiger partial charge in [0.15, 0.2) is 0 Å². The van der Waals surface area contributed by atoms with E-state index in [0.717, 1.165) is 25.7 Å². The van der Waals surface area contributed by atoms with E-state index in [1.807, 2.05) is 4.90 Å². The monoisotopic (exact) mass is 296 g/mol. The van der Waals surface area contributed by atoms with E-state index in [4.69, 9.17) is 5.73 Å². The van der Waals surface area contributed by atoms with E-state index >= 15 is 0 Å². The summed E-state index contributed by atoms with van der Waals surface area (Å²) in [6, 6.07) is 0.192. The lowest BCUT2D eigenvalue weighted by atomic mass is 9.94. The minimum atomic E-state index is -0.489. The zero-order valence-electron chi connectivity index (χ0n) is 12.5. The van der Waals surface area contributed by atoms with Gasteiger partial charge in [0.1, 0.15) is 11.5 Å². The zero-order chi connectivity index (χ0) is 15.4. The van der Waals surface area contributed by atoms with Gasteiger partial charge in [0.2, 0.25) is 0 Å². The average Bonchev–Trinajstić information content (AvgIpc) is 2.47. The average molecular weight is 296 g/mol. The first-order valence-corrected chi connectivity index (χ1v) is 7.60. The van der Waals surface area contributed by atoms with Crippen LogP contribution in [0.5, 0.6) is 0 Å². The molecule has 0 spiro atoms. The van der Waals surface area contributed by atoms with Gasteiger partial charge in [0.25, 0.3) is 5.56 Å². The highest BCUT2D eigenvalue weighted by molar-refractivity contribution is 5.63.